The molecule has 0 aliphatic carbocycles. The molecular weight excluding hydrogens is 356 g/mol. The monoisotopic (exact) mass is 374 g/mol. The van der Waals surface area contributed by atoms with Gasteiger partial charge in [0.05, 0.1) is 0 Å². The van der Waals surface area contributed by atoms with Crippen molar-refractivity contribution < 1.29 is 4.79 Å². The normalized spacial score (nSPS) is 13.5. The zero-order valence-corrected chi connectivity index (χ0v) is 14.8. The quantitative estimate of drug-likeness (QED) is 0.612. The van der Waals surface area contributed by atoms with Gasteiger partial charge in [0.15, 0.2) is 5.78 Å². The molecule has 0 fully saturated rings. The second-order valence-corrected chi connectivity index (χ2v) is 7.68. The van der Waals surface area contributed by atoms with Gasteiger partial charge in [0.25, 0.3) is 0 Å². The molecule has 0 aliphatic heterocycles. The van der Waals surface area contributed by atoms with Crippen molar-refractivity contribution in [3.8, 4) is 0 Å². The lowest BCUT2D eigenvalue weighted by Gasteiger charge is -2.26. The van der Waals surface area contributed by atoms with Crippen molar-refractivity contribution in [1.82, 2.24) is 0 Å². The van der Waals surface area contributed by atoms with Crippen LogP contribution in [0.25, 0.3) is 0 Å². The number of halogens is 2. The van der Waals surface area contributed by atoms with Crippen LogP contribution in [0.1, 0.15) is 50.0 Å². The van der Waals surface area contributed by atoms with Gasteiger partial charge in [-0.1, -0.05) is 59.6 Å². The van der Waals surface area contributed by atoms with E-state index in [0.29, 0.717) is 12.3 Å². The van der Waals surface area contributed by atoms with Gasteiger partial charge in [-0.3, -0.25) is 4.79 Å². The van der Waals surface area contributed by atoms with Crippen LogP contribution in [-0.2, 0) is 0 Å². The summed E-state index contributed by atoms with van der Waals surface area (Å²) in [6.07, 6.45) is 0.581. The van der Waals surface area contributed by atoms with E-state index in [1.807, 2.05) is 19.1 Å². The minimum atomic E-state index is 0.157. The molecule has 0 amide bonds. The lowest BCUT2D eigenvalue weighted by molar-refractivity contribution is 0.0926. The number of hydrogen-bond donors (Lipinski definition) is 0. The predicted octanol–water partition coefficient (Wildman–Crippen LogP) is 5.78. The first-order chi connectivity index (χ1) is 8.12. The SMILES string of the molecule is Cc1cc(Br)c(C(=O)CC(C)C(C)(C)C)cc1Br. The average molecular weight is 376 g/mol. The molecule has 1 rings (SSSR count). The molecular formula is C15H20Br2O. The van der Waals surface area contributed by atoms with E-state index < -0.39 is 0 Å². The van der Waals surface area contributed by atoms with Crippen LogP contribution in [0, 0.1) is 18.3 Å². The second-order valence-electron chi connectivity index (χ2n) is 5.98. The number of Topliss-reactive ketones (excluding diaryl/α,β-unsaturated/α-hetero) is 1. The predicted molar refractivity (Wildman–Crippen MR) is 84.1 cm³/mol. The average Bonchev–Trinajstić information content (AvgIpc) is 2.21. The van der Waals surface area contributed by atoms with E-state index >= 15 is 0 Å². The first-order valence-corrected chi connectivity index (χ1v) is 7.70. The van der Waals surface area contributed by atoms with E-state index in [1.54, 1.807) is 0 Å². The number of carbonyl (C=O) groups excluding carboxylic acids is 1. The second kappa shape index (κ2) is 5.87. The van der Waals surface area contributed by atoms with Crippen LogP contribution in [0.2, 0.25) is 0 Å². The number of hydrogen-bond acceptors (Lipinski definition) is 1. The maximum Gasteiger partial charge on any atom is 0.164 e. The van der Waals surface area contributed by atoms with Gasteiger partial charge >= 0.3 is 0 Å². The number of aryl methyl sites for hydroxylation is 1. The summed E-state index contributed by atoms with van der Waals surface area (Å²) in [7, 11) is 0. The Balaban J connectivity index is 2.95. The zero-order chi connectivity index (χ0) is 14.1. The summed E-state index contributed by atoms with van der Waals surface area (Å²) in [4.78, 5) is 12.3. The summed E-state index contributed by atoms with van der Waals surface area (Å²) < 4.78 is 1.87. The van der Waals surface area contributed by atoms with Crippen LogP contribution in [0.4, 0.5) is 0 Å². The molecule has 0 saturated heterocycles. The third-order valence-corrected chi connectivity index (χ3v) is 5.03. The van der Waals surface area contributed by atoms with E-state index in [9.17, 15) is 4.79 Å². The molecule has 1 aromatic rings. The highest BCUT2D eigenvalue weighted by atomic mass is 79.9. The maximum absolute atomic E-state index is 12.3. The van der Waals surface area contributed by atoms with Gasteiger partial charge in [-0.15, -0.1) is 0 Å². The van der Waals surface area contributed by atoms with Gasteiger partial charge < -0.3 is 0 Å². The van der Waals surface area contributed by atoms with Gasteiger partial charge in [0.2, 0.25) is 0 Å². The molecule has 0 radical (unpaired) electrons. The minimum Gasteiger partial charge on any atom is -0.294 e. The van der Waals surface area contributed by atoms with Crippen molar-refractivity contribution in [2.24, 2.45) is 11.3 Å². The molecule has 0 aromatic heterocycles. The summed E-state index contributed by atoms with van der Waals surface area (Å²) in [5.74, 6) is 0.557. The van der Waals surface area contributed by atoms with E-state index in [1.165, 1.54) is 0 Å². The minimum absolute atomic E-state index is 0.157. The molecule has 0 saturated carbocycles. The van der Waals surface area contributed by atoms with Gasteiger partial charge in [-0.25, -0.2) is 0 Å². The Hall–Kier alpha value is -0.150. The Morgan fingerprint density at radius 2 is 1.78 bits per heavy atom. The summed E-state index contributed by atoms with van der Waals surface area (Å²) in [5, 5.41) is 0. The van der Waals surface area contributed by atoms with Crippen molar-refractivity contribution >= 4 is 37.6 Å². The number of rotatable bonds is 3. The Labute approximate surface area is 127 Å². The molecule has 1 unspecified atom stereocenters. The largest absolute Gasteiger partial charge is 0.294 e. The fraction of sp³-hybridized carbons (Fsp3) is 0.533. The fourth-order valence-electron chi connectivity index (χ4n) is 1.55. The van der Waals surface area contributed by atoms with Crippen LogP contribution < -0.4 is 0 Å². The zero-order valence-electron chi connectivity index (χ0n) is 11.6. The Bertz CT molecular complexity index is 458. The Kier molecular flexibility index (Phi) is 5.19. The van der Waals surface area contributed by atoms with Gasteiger partial charge in [0, 0.05) is 20.9 Å². The highest BCUT2D eigenvalue weighted by Gasteiger charge is 2.24. The Morgan fingerprint density at radius 3 is 2.28 bits per heavy atom. The molecule has 0 spiro atoms. The van der Waals surface area contributed by atoms with Crippen molar-refractivity contribution in [3.63, 3.8) is 0 Å². The first-order valence-electron chi connectivity index (χ1n) is 6.11. The van der Waals surface area contributed by atoms with Crippen LogP contribution in [0.15, 0.2) is 21.1 Å². The smallest absolute Gasteiger partial charge is 0.164 e. The summed E-state index contributed by atoms with van der Waals surface area (Å²) in [6, 6.07) is 3.90. The van der Waals surface area contributed by atoms with E-state index in [4.69, 9.17) is 0 Å². The summed E-state index contributed by atoms with van der Waals surface area (Å²) in [6.45, 7) is 10.7. The van der Waals surface area contributed by atoms with Crippen molar-refractivity contribution in [3.05, 3.63) is 32.2 Å². The molecule has 100 valence electrons. The lowest BCUT2D eigenvalue weighted by atomic mass is 9.78. The van der Waals surface area contributed by atoms with E-state index in [2.05, 4.69) is 59.6 Å². The van der Waals surface area contributed by atoms with E-state index in [-0.39, 0.29) is 11.2 Å². The standard InChI is InChI=1S/C15H20Br2O/c1-9-6-13(17)11(8-12(9)16)14(18)7-10(2)15(3,4)5/h6,8,10H,7H2,1-5H3. The van der Waals surface area contributed by atoms with Crippen LogP contribution in [0.3, 0.4) is 0 Å². The molecule has 0 N–H and O–H groups in total. The maximum atomic E-state index is 12.3. The number of carbonyl (C=O) groups is 1. The molecule has 18 heavy (non-hydrogen) atoms. The highest BCUT2D eigenvalue weighted by molar-refractivity contribution is 9.11. The van der Waals surface area contributed by atoms with Crippen LogP contribution in [-0.4, -0.2) is 5.78 Å². The summed E-state index contributed by atoms with van der Waals surface area (Å²) >= 11 is 6.96. The third-order valence-electron chi connectivity index (χ3n) is 3.52. The highest BCUT2D eigenvalue weighted by Crippen LogP contribution is 2.32. The molecule has 1 aromatic carbocycles. The Morgan fingerprint density at radius 1 is 1.22 bits per heavy atom. The topological polar surface area (TPSA) is 17.1 Å². The van der Waals surface area contributed by atoms with Crippen molar-refractivity contribution in [2.45, 2.75) is 41.0 Å². The molecule has 1 atom stereocenters. The lowest BCUT2D eigenvalue weighted by Crippen LogP contribution is -2.20. The van der Waals surface area contributed by atoms with Crippen LogP contribution in [0.5, 0.6) is 0 Å². The molecule has 3 heteroatoms. The molecule has 0 heterocycles. The van der Waals surface area contributed by atoms with Crippen LogP contribution >= 0.6 is 31.9 Å². The summed E-state index contributed by atoms with van der Waals surface area (Å²) in [5.41, 5.74) is 2.05. The first kappa shape index (κ1) is 15.9. The molecule has 0 aliphatic rings. The van der Waals surface area contributed by atoms with Crippen molar-refractivity contribution in [2.75, 3.05) is 0 Å². The molecule has 1 nitrogen and oxygen atoms in total. The van der Waals surface area contributed by atoms with Gasteiger partial charge in [0.1, 0.15) is 0 Å². The number of ketones is 1. The molecule has 0 bridgehead atoms. The third kappa shape index (κ3) is 3.92. The van der Waals surface area contributed by atoms with Gasteiger partial charge in [-0.05, 0) is 36.0 Å². The fourth-order valence-corrected chi connectivity index (χ4v) is 2.58. The van der Waals surface area contributed by atoms with Crippen molar-refractivity contribution in [1.29, 1.82) is 0 Å². The van der Waals surface area contributed by atoms with E-state index in [0.717, 1.165) is 20.1 Å². The number of benzene rings is 1. The van der Waals surface area contributed by atoms with Gasteiger partial charge in [-0.2, -0.15) is 0 Å².